The van der Waals surface area contributed by atoms with Gasteiger partial charge in [-0.05, 0) is 68.4 Å². The summed E-state index contributed by atoms with van der Waals surface area (Å²) in [6, 6.07) is 13.8. The van der Waals surface area contributed by atoms with Gasteiger partial charge in [0.1, 0.15) is 11.6 Å². The Morgan fingerprint density at radius 2 is 1.68 bits per heavy atom. The number of sulfonamides is 1. The van der Waals surface area contributed by atoms with Gasteiger partial charge in [-0.25, -0.2) is 18.1 Å². The van der Waals surface area contributed by atoms with Crippen molar-refractivity contribution >= 4 is 32.9 Å². The van der Waals surface area contributed by atoms with Crippen LogP contribution in [-0.4, -0.2) is 29.8 Å². The van der Waals surface area contributed by atoms with Crippen molar-refractivity contribution in [1.29, 1.82) is 0 Å². The molecule has 2 heterocycles. The number of hydrazine groups is 1. The van der Waals surface area contributed by atoms with Gasteiger partial charge in [-0.3, -0.25) is 20.4 Å². The van der Waals surface area contributed by atoms with E-state index in [1.165, 1.54) is 30.5 Å². The molecular formula is C23H23N5O5S. The third-order valence-corrected chi connectivity index (χ3v) is 6.67. The number of aryl methyl sites for hydroxylation is 2. The zero-order valence-corrected chi connectivity index (χ0v) is 19.3. The molecule has 34 heavy (non-hydrogen) atoms. The fourth-order valence-corrected chi connectivity index (χ4v) is 4.49. The molecule has 11 heteroatoms. The minimum atomic E-state index is -3.78. The molecule has 2 amide bonds. The van der Waals surface area contributed by atoms with Gasteiger partial charge in [-0.2, -0.15) is 0 Å². The van der Waals surface area contributed by atoms with Crippen LogP contribution in [0, 0.1) is 6.92 Å². The third-order valence-electron chi connectivity index (χ3n) is 5.25. The number of hydrogen-bond acceptors (Lipinski definition) is 6. The lowest BCUT2D eigenvalue weighted by Crippen LogP contribution is -2.41. The molecule has 0 radical (unpaired) electrons. The van der Waals surface area contributed by atoms with Crippen LogP contribution in [0.3, 0.4) is 0 Å². The van der Waals surface area contributed by atoms with E-state index in [1.807, 2.05) is 24.5 Å². The van der Waals surface area contributed by atoms with Gasteiger partial charge in [0.2, 0.25) is 10.0 Å². The zero-order chi connectivity index (χ0) is 24.3. The summed E-state index contributed by atoms with van der Waals surface area (Å²) < 4.78 is 34.4. The molecule has 0 fully saturated rings. The quantitative estimate of drug-likeness (QED) is 0.347. The number of amides is 2. The van der Waals surface area contributed by atoms with E-state index in [2.05, 4.69) is 20.6 Å². The van der Waals surface area contributed by atoms with Crippen LogP contribution in [0.15, 0.2) is 70.2 Å². The van der Waals surface area contributed by atoms with E-state index in [4.69, 9.17) is 4.42 Å². The fraction of sp³-hybridized carbons (Fsp3) is 0.174. The van der Waals surface area contributed by atoms with Gasteiger partial charge in [0.15, 0.2) is 0 Å². The summed E-state index contributed by atoms with van der Waals surface area (Å²) in [5.74, 6) is 0.238. The largest absolute Gasteiger partial charge is 0.468 e. The van der Waals surface area contributed by atoms with Crippen LogP contribution in [0.1, 0.15) is 39.2 Å². The standard InChI is InChI=1S/C23H23N5O5S/c1-3-28-15(2)25-20-13-17(8-11-21(20)28)23(30)27-26-22(29)16-6-9-19(10-7-16)34(31,32)24-14-18-5-4-12-33-18/h4-13,24H,3,14H2,1-2H3,(H,26,29)(H,27,30). The van der Waals surface area contributed by atoms with Crippen LogP contribution >= 0.6 is 0 Å². The Labute approximate surface area is 196 Å². The molecule has 3 N–H and O–H groups in total. The van der Waals surface area contributed by atoms with E-state index >= 15 is 0 Å². The Bertz CT molecular complexity index is 1440. The third kappa shape index (κ3) is 4.85. The molecule has 0 aliphatic carbocycles. The average molecular weight is 482 g/mol. The first-order valence-corrected chi connectivity index (χ1v) is 12.0. The van der Waals surface area contributed by atoms with Crippen LogP contribution in [0.4, 0.5) is 0 Å². The molecule has 0 saturated heterocycles. The van der Waals surface area contributed by atoms with E-state index in [0.29, 0.717) is 16.8 Å². The van der Waals surface area contributed by atoms with Crippen LogP contribution in [-0.2, 0) is 23.1 Å². The molecule has 2 aromatic heterocycles. The zero-order valence-electron chi connectivity index (χ0n) is 18.5. The Balaban J connectivity index is 1.37. The molecule has 10 nitrogen and oxygen atoms in total. The Hall–Kier alpha value is -3.96. The highest BCUT2D eigenvalue weighted by molar-refractivity contribution is 7.89. The molecule has 0 aliphatic rings. The van der Waals surface area contributed by atoms with Crippen molar-refractivity contribution in [3.05, 3.63) is 83.6 Å². The lowest BCUT2D eigenvalue weighted by molar-refractivity contribution is 0.0846. The number of nitrogens with zero attached hydrogens (tertiary/aromatic N) is 2. The molecule has 0 saturated carbocycles. The van der Waals surface area contributed by atoms with Crippen molar-refractivity contribution in [2.24, 2.45) is 0 Å². The second-order valence-corrected chi connectivity index (χ2v) is 9.21. The number of hydrogen-bond donors (Lipinski definition) is 3. The van der Waals surface area contributed by atoms with Gasteiger partial charge in [0.05, 0.1) is 28.7 Å². The topological polar surface area (TPSA) is 135 Å². The number of aromatic nitrogens is 2. The Kier molecular flexibility index (Phi) is 6.48. The predicted octanol–water partition coefficient (Wildman–Crippen LogP) is 2.51. The number of benzene rings is 2. The first kappa shape index (κ1) is 23.2. The van der Waals surface area contributed by atoms with Crippen LogP contribution in [0.5, 0.6) is 0 Å². The molecule has 0 aliphatic heterocycles. The smallest absolute Gasteiger partial charge is 0.269 e. The van der Waals surface area contributed by atoms with Gasteiger partial charge in [0, 0.05) is 17.7 Å². The molecule has 0 spiro atoms. The van der Waals surface area contributed by atoms with Crippen molar-refractivity contribution in [2.75, 3.05) is 0 Å². The molecule has 4 rings (SSSR count). The maximum atomic E-state index is 12.5. The van der Waals surface area contributed by atoms with E-state index in [0.717, 1.165) is 17.9 Å². The molecule has 0 bridgehead atoms. The molecule has 2 aromatic carbocycles. The van der Waals surface area contributed by atoms with Gasteiger partial charge >= 0.3 is 0 Å². The lowest BCUT2D eigenvalue weighted by atomic mass is 10.2. The van der Waals surface area contributed by atoms with Crippen molar-refractivity contribution in [1.82, 2.24) is 25.1 Å². The summed E-state index contributed by atoms with van der Waals surface area (Å²) in [5.41, 5.74) is 6.84. The van der Waals surface area contributed by atoms with Gasteiger partial charge < -0.3 is 8.98 Å². The highest BCUT2D eigenvalue weighted by Gasteiger charge is 2.16. The Morgan fingerprint density at radius 1 is 1.00 bits per heavy atom. The summed E-state index contributed by atoms with van der Waals surface area (Å²) in [6.07, 6.45) is 1.45. The number of carbonyl (C=O) groups excluding carboxylic acids is 2. The fourth-order valence-electron chi connectivity index (χ4n) is 3.50. The van der Waals surface area contributed by atoms with Crippen molar-refractivity contribution in [3.63, 3.8) is 0 Å². The average Bonchev–Trinajstić information content (AvgIpc) is 3.47. The first-order chi connectivity index (χ1) is 16.3. The molecule has 4 aromatic rings. The minimum absolute atomic E-state index is 0.00486. The summed E-state index contributed by atoms with van der Waals surface area (Å²) >= 11 is 0. The predicted molar refractivity (Wildman–Crippen MR) is 124 cm³/mol. The molecule has 0 atom stereocenters. The number of nitrogens with one attached hydrogen (secondary N) is 3. The second kappa shape index (κ2) is 9.49. The molecular weight excluding hydrogens is 458 g/mol. The lowest BCUT2D eigenvalue weighted by Gasteiger charge is -2.09. The summed E-state index contributed by atoms with van der Waals surface area (Å²) in [5, 5.41) is 0. The summed E-state index contributed by atoms with van der Waals surface area (Å²) in [6.45, 7) is 4.69. The van der Waals surface area contributed by atoms with Crippen molar-refractivity contribution in [3.8, 4) is 0 Å². The first-order valence-electron chi connectivity index (χ1n) is 10.5. The van der Waals surface area contributed by atoms with Gasteiger partial charge in [-0.15, -0.1) is 0 Å². The molecule has 0 unspecified atom stereocenters. The van der Waals surface area contributed by atoms with E-state index in [9.17, 15) is 18.0 Å². The van der Waals surface area contributed by atoms with Crippen LogP contribution in [0.25, 0.3) is 11.0 Å². The number of imidazole rings is 1. The maximum absolute atomic E-state index is 12.5. The van der Waals surface area contributed by atoms with Crippen molar-refractivity contribution in [2.45, 2.75) is 31.8 Å². The SMILES string of the molecule is CCn1c(C)nc2cc(C(=O)NNC(=O)c3ccc(S(=O)(=O)NCc4ccco4)cc3)ccc21. The number of rotatable bonds is 7. The number of fused-ring (bicyclic) bond motifs is 1. The van der Waals surface area contributed by atoms with E-state index in [-0.39, 0.29) is 17.0 Å². The number of carbonyl (C=O) groups is 2. The monoisotopic (exact) mass is 481 g/mol. The highest BCUT2D eigenvalue weighted by Crippen LogP contribution is 2.18. The van der Waals surface area contributed by atoms with Gasteiger partial charge in [0.25, 0.3) is 11.8 Å². The van der Waals surface area contributed by atoms with Crippen LogP contribution < -0.4 is 15.6 Å². The van der Waals surface area contributed by atoms with Crippen molar-refractivity contribution < 1.29 is 22.4 Å². The molecule has 176 valence electrons. The van der Waals surface area contributed by atoms with Gasteiger partial charge in [-0.1, -0.05) is 0 Å². The summed E-state index contributed by atoms with van der Waals surface area (Å²) in [4.78, 5) is 29.3. The summed E-state index contributed by atoms with van der Waals surface area (Å²) in [7, 11) is -3.78. The number of furan rings is 1. The van der Waals surface area contributed by atoms with Crippen LogP contribution in [0.2, 0.25) is 0 Å². The Morgan fingerprint density at radius 3 is 2.32 bits per heavy atom. The van der Waals surface area contributed by atoms with E-state index < -0.39 is 21.8 Å². The highest BCUT2D eigenvalue weighted by atomic mass is 32.2. The second-order valence-electron chi connectivity index (χ2n) is 7.44. The maximum Gasteiger partial charge on any atom is 0.269 e. The minimum Gasteiger partial charge on any atom is -0.468 e. The normalized spacial score (nSPS) is 11.5. The van der Waals surface area contributed by atoms with E-state index in [1.54, 1.807) is 24.3 Å².